The Morgan fingerprint density at radius 1 is 1.04 bits per heavy atom. The Labute approximate surface area is 145 Å². The molecular weight excluding hydrogens is 378 g/mol. The zero-order valence-electron chi connectivity index (χ0n) is 12.8. The van der Waals surface area contributed by atoms with E-state index in [0.29, 0.717) is 10.2 Å². The van der Waals surface area contributed by atoms with Gasteiger partial charge in [-0.3, -0.25) is 0 Å². The summed E-state index contributed by atoms with van der Waals surface area (Å²) >= 11 is 3.38. The highest BCUT2D eigenvalue weighted by atomic mass is 79.9. The van der Waals surface area contributed by atoms with Crippen LogP contribution in [0.4, 0.5) is 11.4 Å². The summed E-state index contributed by atoms with van der Waals surface area (Å²) in [6.07, 6.45) is 0.947. The number of nitrogen functional groups attached to an aromatic ring is 1. The minimum Gasteiger partial charge on any atom is -0.399 e. The molecule has 7 heteroatoms. The average Bonchev–Trinajstić information content (AvgIpc) is 2.51. The molecule has 0 aliphatic rings. The largest absolute Gasteiger partial charge is 0.399 e. The molecule has 2 aromatic rings. The summed E-state index contributed by atoms with van der Waals surface area (Å²) in [4.78, 5) is 0.471. The van der Waals surface area contributed by atoms with Crippen LogP contribution in [0.25, 0.3) is 0 Å². The fourth-order valence-corrected chi connectivity index (χ4v) is 4.08. The van der Waals surface area contributed by atoms with Crippen molar-refractivity contribution in [2.45, 2.75) is 16.2 Å². The maximum atomic E-state index is 12.7. The molecule has 0 unspecified atom stereocenters. The minimum absolute atomic E-state index is 0.228. The summed E-state index contributed by atoms with van der Waals surface area (Å²) in [5, 5.41) is 6.31. The van der Waals surface area contributed by atoms with E-state index in [2.05, 4.69) is 26.6 Å². The van der Waals surface area contributed by atoms with Crippen molar-refractivity contribution in [3.63, 3.8) is 0 Å². The number of sulfone groups is 1. The third-order valence-electron chi connectivity index (χ3n) is 3.30. The van der Waals surface area contributed by atoms with Gasteiger partial charge < -0.3 is 16.4 Å². The molecule has 0 radical (unpaired) electrons. The average molecular weight is 398 g/mol. The van der Waals surface area contributed by atoms with Crippen molar-refractivity contribution in [3.8, 4) is 0 Å². The molecule has 23 heavy (non-hydrogen) atoms. The number of hydrogen-bond acceptors (Lipinski definition) is 5. The minimum atomic E-state index is -3.57. The van der Waals surface area contributed by atoms with Crippen molar-refractivity contribution < 1.29 is 8.42 Å². The number of halogens is 1. The van der Waals surface area contributed by atoms with Crippen LogP contribution in [0.2, 0.25) is 0 Å². The number of nitrogens with two attached hydrogens (primary N) is 1. The third kappa shape index (κ3) is 4.70. The van der Waals surface area contributed by atoms with E-state index in [4.69, 9.17) is 5.73 Å². The highest BCUT2D eigenvalue weighted by molar-refractivity contribution is 9.10. The molecule has 0 saturated carbocycles. The Kier molecular flexibility index (Phi) is 6.04. The van der Waals surface area contributed by atoms with Crippen LogP contribution in [0.3, 0.4) is 0 Å². The summed E-state index contributed by atoms with van der Waals surface area (Å²) in [5.74, 6) is 0. The zero-order valence-corrected chi connectivity index (χ0v) is 15.2. The smallest absolute Gasteiger partial charge is 0.206 e. The monoisotopic (exact) mass is 397 g/mol. The van der Waals surface area contributed by atoms with E-state index < -0.39 is 9.84 Å². The van der Waals surface area contributed by atoms with Gasteiger partial charge in [-0.25, -0.2) is 8.42 Å². The Bertz CT molecular complexity index is 761. The molecule has 0 saturated heterocycles. The van der Waals surface area contributed by atoms with Crippen LogP contribution in [0, 0.1) is 0 Å². The van der Waals surface area contributed by atoms with E-state index in [1.165, 1.54) is 12.1 Å². The highest BCUT2D eigenvalue weighted by Gasteiger charge is 2.18. The highest BCUT2D eigenvalue weighted by Crippen LogP contribution is 2.27. The van der Waals surface area contributed by atoms with Crippen LogP contribution in [-0.2, 0) is 9.84 Å². The van der Waals surface area contributed by atoms with Gasteiger partial charge in [0, 0.05) is 22.4 Å². The van der Waals surface area contributed by atoms with Crippen LogP contribution < -0.4 is 16.4 Å². The summed E-state index contributed by atoms with van der Waals surface area (Å²) in [7, 11) is -1.67. The molecule has 0 fully saturated rings. The van der Waals surface area contributed by atoms with Gasteiger partial charge in [-0.15, -0.1) is 0 Å². The molecule has 0 spiro atoms. The number of benzene rings is 2. The standard InChI is InChI=1S/C16H20BrN3O2S/c1-19-7-2-8-20-14-9-12(17)10-16(11-14)23(21,22)15-5-3-13(18)4-6-15/h3-6,9-11,19-20H,2,7-8,18H2,1H3. The molecule has 5 nitrogen and oxygen atoms in total. The van der Waals surface area contributed by atoms with E-state index in [1.807, 2.05) is 13.1 Å². The Morgan fingerprint density at radius 3 is 2.39 bits per heavy atom. The van der Waals surface area contributed by atoms with Gasteiger partial charge in [-0.2, -0.15) is 0 Å². The Balaban J connectivity index is 2.27. The topological polar surface area (TPSA) is 84.2 Å². The van der Waals surface area contributed by atoms with Gasteiger partial charge in [0.05, 0.1) is 9.79 Å². The SMILES string of the molecule is CNCCCNc1cc(Br)cc(S(=O)(=O)c2ccc(N)cc2)c1. The number of anilines is 2. The van der Waals surface area contributed by atoms with Crippen LogP contribution in [-0.4, -0.2) is 28.6 Å². The number of nitrogens with one attached hydrogen (secondary N) is 2. The van der Waals surface area contributed by atoms with E-state index >= 15 is 0 Å². The zero-order chi connectivity index (χ0) is 16.9. The van der Waals surface area contributed by atoms with Crippen molar-refractivity contribution in [2.75, 3.05) is 31.2 Å². The molecule has 0 heterocycles. The van der Waals surface area contributed by atoms with Gasteiger partial charge in [0.15, 0.2) is 0 Å². The van der Waals surface area contributed by atoms with E-state index in [9.17, 15) is 8.42 Å². The number of hydrogen-bond donors (Lipinski definition) is 3. The Morgan fingerprint density at radius 2 is 1.74 bits per heavy atom. The van der Waals surface area contributed by atoms with Crippen molar-refractivity contribution in [2.24, 2.45) is 0 Å². The van der Waals surface area contributed by atoms with Crippen LogP contribution in [0.1, 0.15) is 6.42 Å². The van der Waals surface area contributed by atoms with E-state index in [-0.39, 0.29) is 9.79 Å². The lowest BCUT2D eigenvalue weighted by molar-refractivity contribution is 0.596. The van der Waals surface area contributed by atoms with Crippen molar-refractivity contribution >= 4 is 37.1 Å². The van der Waals surface area contributed by atoms with Crippen LogP contribution in [0.5, 0.6) is 0 Å². The van der Waals surface area contributed by atoms with Crippen LogP contribution in [0.15, 0.2) is 56.7 Å². The predicted molar refractivity (Wildman–Crippen MR) is 97.5 cm³/mol. The second-order valence-corrected chi connectivity index (χ2v) is 8.00. The van der Waals surface area contributed by atoms with Gasteiger partial charge in [-0.1, -0.05) is 15.9 Å². The fourth-order valence-electron chi connectivity index (χ4n) is 2.10. The van der Waals surface area contributed by atoms with Gasteiger partial charge in [0.1, 0.15) is 0 Å². The van der Waals surface area contributed by atoms with Crippen molar-refractivity contribution in [3.05, 3.63) is 46.9 Å². The quantitative estimate of drug-likeness (QED) is 0.494. The molecule has 124 valence electrons. The van der Waals surface area contributed by atoms with Gasteiger partial charge in [-0.05, 0) is 62.5 Å². The molecule has 0 aliphatic heterocycles. The number of rotatable bonds is 7. The third-order valence-corrected chi connectivity index (χ3v) is 5.51. The Hall–Kier alpha value is -1.57. The molecular formula is C16H20BrN3O2S. The maximum Gasteiger partial charge on any atom is 0.206 e. The normalized spacial score (nSPS) is 11.4. The fraction of sp³-hybridized carbons (Fsp3) is 0.250. The van der Waals surface area contributed by atoms with E-state index in [0.717, 1.165) is 25.2 Å². The van der Waals surface area contributed by atoms with Crippen LogP contribution >= 0.6 is 15.9 Å². The molecule has 0 aliphatic carbocycles. The van der Waals surface area contributed by atoms with E-state index in [1.54, 1.807) is 24.3 Å². The molecule has 2 aromatic carbocycles. The molecule has 0 atom stereocenters. The molecule has 0 aromatic heterocycles. The first-order valence-corrected chi connectivity index (χ1v) is 9.51. The van der Waals surface area contributed by atoms with Gasteiger partial charge in [0.25, 0.3) is 0 Å². The summed E-state index contributed by atoms with van der Waals surface area (Å²) in [6, 6.07) is 11.3. The van der Waals surface area contributed by atoms with Crippen molar-refractivity contribution in [1.82, 2.24) is 5.32 Å². The van der Waals surface area contributed by atoms with Gasteiger partial charge in [0.2, 0.25) is 9.84 Å². The molecule has 0 bridgehead atoms. The lowest BCUT2D eigenvalue weighted by atomic mass is 10.3. The first-order chi connectivity index (χ1) is 10.9. The second kappa shape index (κ2) is 7.81. The summed E-state index contributed by atoms with van der Waals surface area (Å²) < 4.78 is 26.2. The lowest BCUT2D eigenvalue weighted by Crippen LogP contribution is -2.13. The molecule has 0 amide bonds. The summed E-state index contributed by atoms with van der Waals surface area (Å²) in [6.45, 7) is 1.66. The van der Waals surface area contributed by atoms with Crippen molar-refractivity contribution in [1.29, 1.82) is 0 Å². The van der Waals surface area contributed by atoms with Gasteiger partial charge >= 0.3 is 0 Å². The first-order valence-electron chi connectivity index (χ1n) is 7.23. The first kappa shape index (κ1) is 17.8. The molecule has 2 rings (SSSR count). The lowest BCUT2D eigenvalue weighted by Gasteiger charge is -2.11. The second-order valence-electron chi connectivity index (χ2n) is 5.13. The maximum absolute atomic E-state index is 12.7. The summed E-state index contributed by atoms with van der Waals surface area (Å²) in [5.41, 5.74) is 6.92. The molecule has 4 N–H and O–H groups in total. The predicted octanol–water partition coefficient (Wildman–Crippen LogP) is 2.89.